The Labute approximate surface area is 70.8 Å². The van der Waals surface area contributed by atoms with Gasteiger partial charge in [-0.1, -0.05) is 0 Å². The zero-order valence-electron chi connectivity index (χ0n) is 6.97. The van der Waals surface area contributed by atoms with E-state index >= 15 is 0 Å². The molecule has 1 rings (SSSR count). The molecule has 0 bridgehead atoms. The average molecular weight is 174 g/mol. The van der Waals surface area contributed by atoms with Gasteiger partial charge < -0.3 is 20.8 Å². The predicted octanol–water partition coefficient (Wildman–Crippen LogP) is -2.10. The van der Waals surface area contributed by atoms with Gasteiger partial charge in [0.15, 0.2) is 0 Å². The number of carbonyl (C=O) groups is 1. The molecule has 5 nitrogen and oxygen atoms in total. The monoisotopic (exact) mass is 174 g/mol. The van der Waals surface area contributed by atoms with Crippen LogP contribution < -0.4 is 5.73 Å². The molecule has 1 fully saturated rings. The van der Waals surface area contributed by atoms with Gasteiger partial charge in [0, 0.05) is 13.1 Å². The van der Waals surface area contributed by atoms with Crippen LogP contribution in [0.1, 0.15) is 6.92 Å². The third-order valence-corrected chi connectivity index (χ3v) is 1.96. The van der Waals surface area contributed by atoms with Crippen LogP contribution in [0.2, 0.25) is 0 Å². The van der Waals surface area contributed by atoms with Crippen molar-refractivity contribution in [2.75, 3.05) is 13.1 Å². The summed E-state index contributed by atoms with van der Waals surface area (Å²) in [6.45, 7) is 1.95. The maximum absolute atomic E-state index is 11.2. The van der Waals surface area contributed by atoms with Crippen LogP contribution in [0.5, 0.6) is 0 Å². The highest BCUT2D eigenvalue weighted by Gasteiger charge is 2.33. The molecule has 0 aromatic heterocycles. The molecule has 0 spiro atoms. The molecule has 1 heterocycles. The predicted molar refractivity (Wildman–Crippen MR) is 42.2 cm³/mol. The summed E-state index contributed by atoms with van der Waals surface area (Å²) in [5.74, 6) is -0.231. The minimum absolute atomic E-state index is 0.182. The Morgan fingerprint density at radius 1 is 1.50 bits per heavy atom. The number of amides is 1. The summed E-state index contributed by atoms with van der Waals surface area (Å²) in [5, 5.41) is 18.2. The van der Waals surface area contributed by atoms with Crippen LogP contribution in [-0.2, 0) is 4.79 Å². The smallest absolute Gasteiger partial charge is 0.239 e. The lowest BCUT2D eigenvalue weighted by Gasteiger charge is -2.17. The van der Waals surface area contributed by atoms with E-state index < -0.39 is 18.2 Å². The van der Waals surface area contributed by atoms with E-state index in [9.17, 15) is 4.79 Å². The Hall–Kier alpha value is -0.650. The van der Waals surface area contributed by atoms with E-state index in [4.69, 9.17) is 15.9 Å². The average Bonchev–Trinajstić information content (AvgIpc) is 2.30. The van der Waals surface area contributed by atoms with Crippen LogP contribution in [0.3, 0.4) is 0 Å². The van der Waals surface area contributed by atoms with Crippen molar-refractivity contribution in [3.8, 4) is 0 Å². The van der Waals surface area contributed by atoms with Crippen LogP contribution in [0.15, 0.2) is 0 Å². The molecular weight excluding hydrogens is 160 g/mol. The fourth-order valence-corrected chi connectivity index (χ4v) is 1.24. The second-order valence-electron chi connectivity index (χ2n) is 3.17. The first-order valence-electron chi connectivity index (χ1n) is 3.93. The summed E-state index contributed by atoms with van der Waals surface area (Å²) in [6, 6.07) is -0.567. The van der Waals surface area contributed by atoms with Crippen LogP contribution in [0.25, 0.3) is 0 Å². The van der Waals surface area contributed by atoms with Gasteiger partial charge in [0.2, 0.25) is 5.91 Å². The number of hydrogen-bond acceptors (Lipinski definition) is 4. The Kier molecular flexibility index (Phi) is 2.66. The van der Waals surface area contributed by atoms with Crippen LogP contribution in [0.4, 0.5) is 0 Å². The van der Waals surface area contributed by atoms with Gasteiger partial charge in [-0.05, 0) is 6.92 Å². The minimum atomic E-state index is -0.826. The van der Waals surface area contributed by atoms with E-state index in [0.29, 0.717) is 0 Å². The minimum Gasteiger partial charge on any atom is -0.388 e. The molecule has 1 aliphatic rings. The van der Waals surface area contributed by atoms with Gasteiger partial charge in [-0.15, -0.1) is 0 Å². The van der Waals surface area contributed by atoms with Gasteiger partial charge in [-0.25, -0.2) is 0 Å². The largest absolute Gasteiger partial charge is 0.388 e. The van der Waals surface area contributed by atoms with Crippen molar-refractivity contribution in [1.82, 2.24) is 4.90 Å². The molecule has 1 aliphatic heterocycles. The zero-order valence-corrected chi connectivity index (χ0v) is 6.97. The summed E-state index contributed by atoms with van der Waals surface area (Å²) >= 11 is 0. The van der Waals surface area contributed by atoms with E-state index in [1.165, 1.54) is 4.90 Å². The molecule has 0 saturated carbocycles. The van der Waals surface area contributed by atoms with Gasteiger partial charge in [-0.3, -0.25) is 4.79 Å². The van der Waals surface area contributed by atoms with Crippen LogP contribution >= 0.6 is 0 Å². The Balaban J connectivity index is 2.52. The highest BCUT2D eigenvalue weighted by Crippen LogP contribution is 2.10. The molecule has 5 heteroatoms. The lowest BCUT2D eigenvalue weighted by Crippen LogP contribution is -2.41. The van der Waals surface area contributed by atoms with E-state index in [1.54, 1.807) is 6.92 Å². The van der Waals surface area contributed by atoms with Crippen molar-refractivity contribution in [3.05, 3.63) is 0 Å². The molecule has 0 aromatic carbocycles. The second-order valence-corrected chi connectivity index (χ2v) is 3.17. The van der Waals surface area contributed by atoms with Gasteiger partial charge >= 0.3 is 0 Å². The topological polar surface area (TPSA) is 86.8 Å². The zero-order chi connectivity index (χ0) is 9.30. The number of rotatable bonds is 1. The fourth-order valence-electron chi connectivity index (χ4n) is 1.24. The first-order valence-corrected chi connectivity index (χ1v) is 3.93. The highest BCUT2D eigenvalue weighted by molar-refractivity contribution is 5.81. The summed E-state index contributed by atoms with van der Waals surface area (Å²) in [6.07, 6.45) is -1.65. The molecule has 0 radical (unpaired) electrons. The number of carbonyl (C=O) groups excluding carboxylic acids is 1. The summed E-state index contributed by atoms with van der Waals surface area (Å²) in [5.41, 5.74) is 5.35. The van der Waals surface area contributed by atoms with Crippen LogP contribution in [-0.4, -0.2) is 52.4 Å². The van der Waals surface area contributed by atoms with Crippen molar-refractivity contribution in [2.45, 2.75) is 25.2 Å². The van der Waals surface area contributed by atoms with Gasteiger partial charge in [-0.2, -0.15) is 0 Å². The number of aliphatic hydroxyl groups excluding tert-OH is 2. The lowest BCUT2D eigenvalue weighted by atomic mass is 10.3. The molecular formula is C7H14N2O3. The standard InChI is InChI=1S/C7H14N2O3/c1-4(8)7(12)9-2-5(10)6(11)3-9/h4-6,10-11H,2-3,8H2,1H3/t4-,5?,6?/m0/s1. The first kappa shape index (κ1) is 9.44. The quantitative estimate of drug-likeness (QED) is 0.425. The molecule has 0 aliphatic carbocycles. The Morgan fingerprint density at radius 2 is 1.92 bits per heavy atom. The SMILES string of the molecule is C[C@H](N)C(=O)N1CC(O)C(O)C1. The number of nitrogens with zero attached hydrogens (tertiary/aromatic N) is 1. The fraction of sp³-hybridized carbons (Fsp3) is 0.857. The van der Waals surface area contributed by atoms with Gasteiger partial charge in [0.25, 0.3) is 0 Å². The normalized spacial score (nSPS) is 32.2. The van der Waals surface area contributed by atoms with Crippen molar-refractivity contribution >= 4 is 5.91 Å². The maximum atomic E-state index is 11.2. The first-order chi connectivity index (χ1) is 5.52. The number of nitrogens with two attached hydrogens (primary N) is 1. The maximum Gasteiger partial charge on any atom is 0.239 e. The summed E-state index contributed by atoms with van der Waals surface area (Å²) in [7, 11) is 0. The molecule has 4 N–H and O–H groups in total. The van der Waals surface area contributed by atoms with E-state index in [1.807, 2.05) is 0 Å². The van der Waals surface area contributed by atoms with Crippen molar-refractivity contribution < 1.29 is 15.0 Å². The summed E-state index contributed by atoms with van der Waals surface area (Å²) < 4.78 is 0. The van der Waals surface area contributed by atoms with E-state index in [-0.39, 0.29) is 19.0 Å². The number of aliphatic hydroxyl groups is 2. The van der Waals surface area contributed by atoms with Crippen molar-refractivity contribution in [1.29, 1.82) is 0 Å². The van der Waals surface area contributed by atoms with Crippen molar-refractivity contribution in [2.24, 2.45) is 5.73 Å². The molecule has 12 heavy (non-hydrogen) atoms. The highest BCUT2D eigenvalue weighted by atomic mass is 16.3. The third-order valence-electron chi connectivity index (χ3n) is 1.96. The van der Waals surface area contributed by atoms with Gasteiger partial charge in [0.05, 0.1) is 18.2 Å². The number of likely N-dealkylation sites (tertiary alicyclic amines) is 1. The third kappa shape index (κ3) is 1.74. The molecule has 1 saturated heterocycles. The van der Waals surface area contributed by atoms with Crippen LogP contribution in [0, 0.1) is 0 Å². The Morgan fingerprint density at radius 3 is 2.25 bits per heavy atom. The van der Waals surface area contributed by atoms with E-state index in [0.717, 1.165) is 0 Å². The molecule has 70 valence electrons. The molecule has 2 unspecified atom stereocenters. The van der Waals surface area contributed by atoms with Gasteiger partial charge in [0.1, 0.15) is 0 Å². The molecule has 1 amide bonds. The lowest BCUT2D eigenvalue weighted by molar-refractivity contribution is -0.131. The number of β-amino-alcohol motifs (C(OH)–C–C–N with tert-alkyl or cyclic N) is 2. The second kappa shape index (κ2) is 3.38. The molecule has 0 aromatic rings. The molecule has 3 atom stereocenters. The number of hydrogen-bond donors (Lipinski definition) is 3. The van der Waals surface area contributed by atoms with E-state index in [2.05, 4.69) is 0 Å². The Bertz CT molecular complexity index is 173. The van der Waals surface area contributed by atoms with Crippen molar-refractivity contribution in [3.63, 3.8) is 0 Å². The summed E-state index contributed by atoms with van der Waals surface area (Å²) in [4.78, 5) is 12.6.